The number of ether oxygens (including phenoxy) is 2. The first kappa shape index (κ1) is 17.8. The van der Waals surface area contributed by atoms with Crippen LogP contribution in [0.3, 0.4) is 0 Å². The van der Waals surface area contributed by atoms with Gasteiger partial charge in [-0.25, -0.2) is 4.79 Å². The van der Waals surface area contributed by atoms with Crippen LogP contribution in [0.25, 0.3) is 21.7 Å². The summed E-state index contributed by atoms with van der Waals surface area (Å²) < 4.78 is 17.0. The van der Waals surface area contributed by atoms with Crippen molar-refractivity contribution < 1.29 is 18.8 Å². The molecule has 0 radical (unpaired) electrons. The molecule has 5 heteroatoms. The molecule has 5 nitrogen and oxygen atoms in total. The molecule has 1 N–H and O–H groups in total. The van der Waals surface area contributed by atoms with Gasteiger partial charge in [0, 0.05) is 22.1 Å². The van der Waals surface area contributed by atoms with E-state index in [9.17, 15) is 4.79 Å². The van der Waals surface area contributed by atoms with E-state index in [0.717, 1.165) is 46.5 Å². The molecule has 0 amide bonds. The second-order valence-electron chi connectivity index (χ2n) is 7.54. The van der Waals surface area contributed by atoms with Gasteiger partial charge in [0.05, 0.1) is 12.5 Å². The van der Waals surface area contributed by atoms with Gasteiger partial charge in [0.1, 0.15) is 30.2 Å². The first-order chi connectivity index (χ1) is 14.1. The smallest absolute Gasteiger partial charge is 0.344 e. The summed E-state index contributed by atoms with van der Waals surface area (Å²) in [5.41, 5.74) is 3.58. The van der Waals surface area contributed by atoms with Crippen molar-refractivity contribution in [1.82, 2.24) is 0 Å². The van der Waals surface area contributed by atoms with Crippen LogP contribution < -0.4 is 20.0 Å². The average molecular weight is 388 g/mol. The van der Waals surface area contributed by atoms with E-state index >= 15 is 0 Å². The number of nitrogens with one attached hydrogen (secondary N) is 1. The minimum Gasteiger partial charge on any atom is -0.497 e. The molecule has 4 aromatic rings. The Balaban J connectivity index is 1.54. The maximum absolute atomic E-state index is 12.4. The number of aryl methyl sites for hydroxylation is 1. The normalized spacial score (nSPS) is 15.9. The van der Waals surface area contributed by atoms with Crippen molar-refractivity contribution in [2.45, 2.75) is 20.0 Å². The van der Waals surface area contributed by atoms with Crippen molar-refractivity contribution in [2.24, 2.45) is 0 Å². The molecule has 1 aliphatic heterocycles. The van der Waals surface area contributed by atoms with E-state index in [1.165, 1.54) is 10.5 Å². The van der Waals surface area contributed by atoms with E-state index < -0.39 is 0 Å². The second kappa shape index (κ2) is 6.94. The van der Waals surface area contributed by atoms with E-state index in [2.05, 4.69) is 18.2 Å². The highest BCUT2D eigenvalue weighted by Gasteiger charge is 2.25. The van der Waals surface area contributed by atoms with Gasteiger partial charge < -0.3 is 13.9 Å². The molecule has 0 saturated heterocycles. The molecule has 0 bridgehead atoms. The lowest BCUT2D eigenvalue weighted by Crippen LogP contribution is -3.10. The Morgan fingerprint density at radius 3 is 2.55 bits per heavy atom. The minimum absolute atomic E-state index is 0.307. The fourth-order valence-corrected chi connectivity index (χ4v) is 4.20. The third kappa shape index (κ3) is 3.04. The van der Waals surface area contributed by atoms with Crippen LogP contribution >= 0.6 is 0 Å². The summed E-state index contributed by atoms with van der Waals surface area (Å²) in [5.74, 6) is 1.70. The summed E-state index contributed by atoms with van der Waals surface area (Å²) in [6.07, 6.45) is 0. The van der Waals surface area contributed by atoms with Crippen LogP contribution in [0.4, 0.5) is 0 Å². The van der Waals surface area contributed by atoms with E-state index in [1.807, 2.05) is 43.3 Å². The molecule has 146 valence electrons. The predicted octanol–water partition coefficient (Wildman–Crippen LogP) is 3.20. The highest BCUT2D eigenvalue weighted by molar-refractivity contribution is 6.06. The molecular formula is C24H22NO4+. The SMILES string of the molecule is COc1ccc(C[NH+]2COc3c(cc4c(oc(=O)c5ccccc54)c3C)C2)cc1. The van der Waals surface area contributed by atoms with Crippen molar-refractivity contribution in [3.05, 3.63) is 81.7 Å². The van der Waals surface area contributed by atoms with Crippen molar-refractivity contribution >= 4 is 21.7 Å². The van der Waals surface area contributed by atoms with Gasteiger partial charge in [0.15, 0.2) is 0 Å². The third-order valence-corrected chi connectivity index (χ3v) is 5.64. The van der Waals surface area contributed by atoms with Gasteiger partial charge in [0.2, 0.25) is 6.73 Å². The molecule has 0 saturated carbocycles. The van der Waals surface area contributed by atoms with Crippen LogP contribution in [0.15, 0.2) is 63.8 Å². The summed E-state index contributed by atoms with van der Waals surface area (Å²) in [4.78, 5) is 13.7. The molecule has 2 heterocycles. The van der Waals surface area contributed by atoms with Gasteiger partial charge in [-0.05, 0) is 48.7 Å². The van der Waals surface area contributed by atoms with Gasteiger partial charge in [-0.3, -0.25) is 4.90 Å². The number of quaternary nitrogens is 1. The standard InChI is InChI=1S/C24H21NO4/c1-15-22-17(11-21-19-5-3-4-6-20(19)24(26)29-23(15)21)13-25(14-28-22)12-16-7-9-18(27-2)10-8-16/h3-11H,12-14H2,1-2H3/p+1. The third-order valence-electron chi connectivity index (χ3n) is 5.64. The Morgan fingerprint density at radius 1 is 1.03 bits per heavy atom. The number of benzene rings is 3. The molecule has 29 heavy (non-hydrogen) atoms. The van der Waals surface area contributed by atoms with Gasteiger partial charge in [0.25, 0.3) is 0 Å². The maximum atomic E-state index is 12.4. The number of rotatable bonds is 3. The van der Waals surface area contributed by atoms with Crippen LogP contribution in [-0.4, -0.2) is 13.8 Å². The molecule has 5 rings (SSSR count). The average Bonchev–Trinajstić information content (AvgIpc) is 2.75. The lowest BCUT2D eigenvalue weighted by atomic mass is 10.00. The number of fused-ring (bicyclic) bond motifs is 4. The molecule has 0 spiro atoms. The fraction of sp³-hybridized carbons (Fsp3) is 0.208. The first-order valence-corrected chi connectivity index (χ1v) is 9.71. The van der Waals surface area contributed by atoms with Crippen molar-refractivity contribution in [3.63, 3.8) is 0 Å². The predicted molar refractivity (Wildman–Crippen MR) is 112 cm³/mol. The van der Waals surface area contributed by atoms with Gasteiger partial charge >= 0.3 is 5.63 Å². The quantitative estimate of drug-likeness (QED) is 0.433. The molecule has 1 aliphatic rings. The monoisotopic (exact) mass is 388 g/mol. The van der Waals surface area contributed by atoms with Gasteiger partial charge in [-0.2, -0.15) is 0 Å². The fourth-order valence-electron chi connectivity index (χ4n) is 4.20. The molecule has 1 unspecified atom stereocenters. The highest BCUT2D eigenvalue weighted by atomic mass is 16.5. The molecule has 1 atom stereocenters. The summed E-state index contributed by atoms with van der Waals surface area (Å²) in [7, 11) is 1.67. The molecular weight excluding hydrogens is 366 g/mol. The highest BCUT2D eigenvalue weighted by Crippen LogP contribution is 2.34. The van der Waals surface area contributed by atoms with E-state index in [1.54, 1.807) is 7.11 Å². The van der Waals surface area contributed by atoms with Crippen LogP contribution in [0, 0.1) is 6.92 Å². The maximum Gasteiger partial charge on any atom is 0.344 e. The van der Waals surface area contributed by atoms with E-state index in [-0.39, 0.29) is 5.63 Å². The van der Waals surface area contributed by atoms with Crippen LogP contribution in [-0.2, 0) is 13.1 Å². The number of hydrogen-bond donors (Lipinski definition) is 1. The Hall–Kier alpha value is -3.31. The summed E-state index contributed by atoms with van der Waals surface area (Å²) in [5, 5.41) is 2.50. The Labute approximate surface area is 168 Å². The zero-order valence-electron chi connectivity index (χ0n) is 16.5. The largest absolute Gasteiger partial charge is 0.497 e. The summed E-state index contributed by atoms with van der Waals surface area (Å²) in [6.45, 7) is 4.26. The summed E-state index contributed by atoms with van der Waals surface area (Å²) in [6, 6.07) is 17.9. The minimum atomic E-state index is -0.307. The Morgan fingerprint density at radius 2 is 1.79 bits per heavy atom. The molecule has 3 aromatic carbocycles. The van der Waals surface area contributed by atoms with Crippen LogP contribution in [0.5, 0.6) is 11.5 Å². The van der Waals surface area contributed by atoms with Crippen molar-refractivity contribution in [2.75, 3.05) is 13.8 Å². The lowest BCUT2D eigenvalue weighted by molar-refractivity contribution is -0.945. The van der Waals surface area contributed by atoms with Gasteiger partial charge in [-0.1, -0.05) is 18.2 Å². The lowest BCUT2D eigenvalue weighted by Gasteiger charge is -2.27. The second-order valence-corrected chi connectivity index (χ2v) is 7.54. The number of methoxy groups -OCH3 is 1. The topological polar surface area (TPSA) is 53.1 Å². The van der Waals surface area contributed by atoms with Gasteiger partial charge in [-0.15, -0.1) is 0 Å². The first-order valence-electron chi connectivity index (χ1n) is 9.71. The Kier molecular flexibility index (Phi) is 4.25. The van der Waals surface area contributed by atoms with Crippen LogP contribution in [0.1, 0.15) is 16.7 Å². The van der Waals surface area contributed by atoms with Crippen LogP contribution in [0.2, 0.25) is 0 Å². The van der Waals surface area contributed by atoms with E-state index in [0.29, 0.717) is 17.7 Å². The zero-order valence-corrected chi connectivity index (χ0v) is 16.5. The molecule has 1 aromatic heterocycles. The molecule has 0 aliphatic carbocycles. The molecule has 0 fully saturated rings. The Bertz CT molecular complexity index is 1270. The zero-order chi connectivity index (χ0) is 20.0. The van der Waals surface area contributed by atoms with Crippen molar-refractivity contribution in [1.29, 1.82) is 0 Å². The number of hydrogen-bond acceptors (Lipinski definition) is 4. The summed E-state index contributed by atoms with van der Waals surface area (Å²) >= 11 is 0. The van der Waals surface area contributed by atoms with E-state index in [4.69, 9.17) is 13.9 Å². The van der Waals surface area contributed by atoms with Crippen molar-refractivity contribution in [3.8, 4) is 11.5 Å².